The predicted molar refractivity (Wildman–Crippen MR) is 190 cm³/mol. The maximum absolute atomic E-state index is 12.2. The average Bonchev–Trinajstić information content (AvgIpc) is 3.02. The summed E-state index contributed by atoms with van der Waals surface area (Å²) in [6, 6.07) is 0. The molecule has 276 valence electrons. The number of nitrogens with zero attached hydrogens (tertiary/aromatic N) is 1. The molecular formula is C39H78INO5. The van der Waals surface area contributed by atoms with Crippen LogP contribution in [0.15, 0.2) is 0 Å². The second kappa shape index (κ2) is 37.4. The summed E-state index contributed by atoms with van der Waals surface area (Å²) in [5.74, 6) is -0.254. The van der Waals surface area contributed by atoms with E-state index in [9.17, 15) is 14.7 Å². The lowest BCUT2D eigenvalue weighted by atomic mass is 10.0. The molecule has 0 aromatic carbocycles. The van der Waals surface area contributed by atoms with Crippen LogP contribution in [0.5, 0.6) is 0 Å². The van der Waals surface area contributed by atoms with Crippen molar-refractivity contribution in [3.05, 3.63) is 0 Å². The molecule has 0 amide bonds. The maximum atomic E-state index is 12.2. The number of hydrogen-bond acceptors (Lipinski definition) is 5. The van der Waals surface area contributed by atoms with Crippen LogP contribution in [0.2, 0.25) is 0 Å². The molecule has 46 heavy (non-hydrogen) atoms. The fraction of sp³-hybridized carbons (Fsp3) is 0.949. The van der Waals surface area contributed by atoms with Crippen molar-refractivity contribution >= 4 is 11.9 Å². The van der Waals surface area contributed by atoms with Gasteiger partial charge in [-0.3, -0.25) is 9.59 Å². The minimum Gasteiger partial charge on any atom is -1.00 e. The van der Waals surface area contributed by atoms with Gasteiger partial charge in [0.05, 0.1) is 13.7 Å². The minimum absolute atomic E-state index is 0. The van der Waals surface area contributed by atoms with Crippen molar-refractivity contribution in [1.82, 2.24) is 0 Å². The molecule has 6 nitrogen and oxygen atoms in total. The van der Waals surface area contributed by atoms with Crippen LogP contribution in [0.25, 0.3) is 0 Å². The van der Waals surface area contributed by atoms with Crippen LogP contribution < -0.4 is 24.0 Å². The fourth-order valence-corrected chi connectivity index (χ4v) is 6.06. The van der Waals surface area contributed by atoms with E-state index in [1.54, 1.807) is 0 Å². The Morgan fingerprint density at radius 3 is 0.978 bits per heavy atom. The van der Waals surface area contributed by atoms with Gasteiger partial charge >= 0.3 is 11.9 Å². The SMILES string of the molecule is CCCCCCCCCCCCCCCC(=O)OCC[N+](C)(CCO)CCOC(=O)CCCCCCCCCCCCCCC.[I-]. The maximum Gasteiger partial charge on any atom is 0.305 e. The van der Waals surface area contributed by atoms with Gasteiger partial charge in [0.1, 0.15) is 32.8 Å². The second-order valence-electron chi connectivity index (χ2n) is 13.9. The molecule has 0 aliphatic carbocycles. The summed E-state index contributed by atoms with van der Waals surface area (Å²) in [6.45, 7) is 7.03. The number of esters is 2. The van der Waals surface area contributed by atoms with Crippen molar-refractivity contribution in [3.63, 3.8) is 0 Å². The summed E-state index contributed by atoms with van der Waals surface area (Å²) < 4.78 is 11.5. The van der Waals surface area contributed by atoms with Crippen LogP contribution in [-0.4, -0.2) is 68.0 Å². The normalized spacial score (nSPS) is 11.4. The number of likely N-dealkylation sites (N-methyl/N-ethyl adjacent to an activating group) is 1. The minimum atomic E-state index is -0.127. The van der Waals surface area contributed by atoms with Gasteiger partial charge in [-0.25, -0.2) is 0 Å². The van der Waals surface area contributed by atoms with E-state index in [1.807, 2.05) is 7.05 Å². The van der Waals surface area contributed by atoms with Gasteiger partial charge in [-0.1, -0.05) is 168 Å². The first-order valence-electron chi connectivity index (χ1n) is 19.7. The summed E-state index contributed by atoms with van der Waals surface area (Å²) in [5.41, 5.74) is 0. The summed E-state index contributed by atoms with van der Waals surface area (Å²) in [5, 5.41) is 9.56. The lowest BCUT2D eigenvalue weighted by Gasteiger charge is -2.33. The molecular weight excluding hydrogens is 689 g/mol. The molecule has 0 fully saturated rings. The Hall–Kier alpha value is -0.410. The summed E-state index contributed by atoms with van der Waals surface area (Å²) in [7, 11) is 2.02. The van der Waals surface area contributed by atoms with E-state index in [-0.39, 0.29) is 42.5 Å². The number of ether oxygens (including phenoxy) is 2. The predicted octanol–water partition coefficient (Wildman–Crippen LogP) is 7.48. The van der Waals surface area contributed by atoms with Crippen LogP contribution >= 0.6 is 0 Å². The summed E-state index contributed by atoms with van der Waals surface area (Å²) in [6.07, 6.45) is 34.5. The zero-order valence-electron chi connectivity index (χ0n) is 30.9. The first-order chi connectivity index (χ1) is 22.0. The largest absolute Gasteiger partial charge is 1.00 e. The highest BCUT2D eigenvalue weighted by atomic mass is 127. The Balaban J connectivity index is 0. The van der Waals surface area contributed by atoms with Crippen LogP contribution in [0.4, 0.5) is 0 Å². The highest BCUT2D eigenvalue weighted by molar-refractivity contribution is 5.69. The molecule has 0 saturated carbocycles. The van der Waals surface area contributed by atoms with Gasteiger partial charge < -0.3 is 43.0 Å². The van der Waals surface area contributed by atoms with E-state index in [1.165, 1.54) is 141 Å². The third-order valence-electron chi connectivity index (χ3n) is 9.40. The highest BCUT2D eigenvalue weighted by Crippen LogP contribution is 2.15. The molecule has 0 atom stereocenters. The number of halogens is 1. The number of unbranched alkanes of at least 4 members (excludes halogenated alkanes) is 24. The Morgan fingerprint density at radius 2 is 0.717 bits per heavy atom. The number of carbonyl (C=O) groups is 2. The van der Waals surface area contributed by atoms with Crippen molar-refractivity contribution < 1.29 is 52.6 Å². The number of aliphatic hydroxyl groups is 1. The Bertz CT molecular complexity index is 600. The standard InChI is InChI=1S/C39H78NO5.HI/c1-4-6-8-10-12-14-16-18-20-22-24-26-28-30-38(42)44-36-33-40(3,32-35-41)34-37-45-39(43)31-29-27-25-23-21-19-17-15-13-11-9-7-5-2;/h41H,4-37H2,1-3H3;1H/q+1;/p-1. The molecule has 0 aromatic heterocycles. The smallest absolute Gasteiger partial charge is 0.305 e. The first-order valence-corrected chi connectivity index (χ1v) is 19.7. The number of aliphatic hydroxyl groups excluding tert-OH is 1. The second-order valence-corrected chi connectivity index (χ2v) is 13.9. The topological polar surface area (TPSA) is 72.8 Å². The summed E-state index contributed by atoms with van der Waals surface area (Å²) >= 11 is 0. The molecule has 7 heteroatoms. The highest BCUT2D eigenvalue weighted by Gasteiger charge is 2.22. The van der Waals surface area contributed by atoms with E-state index >= 15 is 0 Å². The van der Waals surface area contributed by atoms with Gasteiger partial charge in [-0.2, -0.15) is 0 Å². The van der Waals surface area contributed by atoms with Gasteiger partial charge in [0.25, 0.3) is 0 Å². The summed E-state index contributed by atoms with van der Waals surface area (Å²) in [4.78, 5) is 24.4. The zero-order chi connectivity index (χ0) is 33.1. The van der Waals surface area contributed by atoms with Crippen LogP contribution in [0, 0.1) is 0 Å². The van der Waals surface area contributed by atoms with Crippen LogP contribution in [0.3, 0.4) is 0 Å². The monoisotopic (exact) mass is 767 g/mol. The third-order valence-corrected chi connectivity index (χ3v) is 9.40. The van der Waals surface area contributed by atoms with Gasteiger partial charge in [0.15, 0.2) is 0 Å². The first kappa shape index (κ1) is 47.7. The zero-order valence-corrected chi connectivity index (χ0v) is 33.1. The van der Waals surface area contributed by atoms with Gasteiger partial charge in [-0.05, 0) is 12.8 Å². The lowest BCUT2D eigenvalue weighted by molar-refractivity contribution is -0.910. The van der Waals surface area contributed by atoms with Crippen LogP contribution in [-0.2, 0) is 19.1 Å². The Labute approximate surface area is 303 Å². The number of hydrogen-bond donors (Lipinski definition) is 1. The lowest BCUT2D eigenvalue weighted by Crippen LogP contribution is -3.00. The number of quaternary nitrogens is 1. The van der Waals surface area contributed by atoms with Crippen molar-refractivity contribution in [2.45, 2.75) is 194 Å². The number of rotatable bonds is 36. The van der Waals surface area contributed by atoms with E-state index in [2.05, 4.69) is 13.8 Å². The molecule has 0 heterocycles. The van der Waals surface area contributed by atoms with E-state index < -0.39 is 0 Å². The quantitative estimate of drug-likeness (QED) is 0.0310. The van der Waals surface area contributed by atoms with E-state index in [4.69, 9.17) is 9.47 Å². The fourth-order valence-electron chi connectivity index (χ4n) is 6.06. The third kappa shape index (κ3) is 34.9. The molecule has 1 N–H and O–H groups in total. The molecule has 0 radical (unpaired) electrons. The molecule has 0 spiro atoms. The van der Waals surface area contributed by atoms with Crippen molar-refractivity contribution in [3.8, 4) is 0 Å². The van der Waals surface area contributed by atoms with E-state index in [0.717, 1.165) is 25.7 Å². The van der Waals surface area contributed by atoms with Gasteiger partial charge in [0, 0.05) is 12.8 Å². The Morgan fingerprint density at radius 1 is 0.457 bits per heavy atom. The molecule has 0 bridgehead atoms. The van der Waals surface area contributed by atoms with Gasteiger partial charge in [-0.15, -0.1) is 0 Å². The van der Waals surface area contributed by atoms with Crippen molar-refractivity contribution in [2.24, 2.45) is 0 Å². The molecule has 0 aliphatic rings. The van der Waals surface area contributed by atoms with Crippen LogP contribution in [0.1, 0.15) is 194 Å². The number of carbonyl (C=O) groups excluding carboxylic acids is 2. The molecule has 0 rings (SSSR count). The Kier molecular flexibility index (Phi) is 38.8. The molecule has 0 saturated heterocycles. The molecule has 0 unspecified atom stereocenters. The molecule has 0 aliphatic heterocycles. The van der Waals surface area contributed by atoms with Crippen molar-refractivity contribution in [2.75, 3.05) is 46.5 Å². The van der Waals surface area contributed by atoms with E-state index in [0.29, 0.717) is 50.2 Å². The molecule has 0 aromatic rings. The van der Waals surface area contributed by atoms with Crippen molar-refractivity contribution in [1.29, 1.82) is 0 Å². The average molecular weight is 768 g/mol. The van der Waals surface area contributed by atoms with Gasteiger partial charge in [0.2, 0.25) is 0 Å².